The first-order valence-corrected chi connectivity index (χ1v) is 10.3. The van der Waals surface area contributed by atoms with Gasteiger partial charge in [-0.25, -0.2) is 8.42 Å². The molecular formula is C15H26IN3O2S2. The number of halogens is 1. The summed E-state index contributed by atoms with van der Waals surface area (Å²) in [6.07, 6.45) is 2.74. The Morgan fingerprint density at radius 1 is 1.30 bits per heavy atom. The molecule has 5 nitrogen and oxygen atoms in total. The molecule has 0 saturated carbocycles. The molecule has 132 valence electrons. The molecule has 0 aliphatic rings. The van der Waals surface area contributed by atoms with Crippen molar-refractivity contribution in [3.8, 4) is 0 Å². The molecule has 0 fully saturated rings. The maximum atomic E-state index is 12.4. The van der Waals surface area contributed by atoms with E-state index >= 15 is 0 Å². The van der Waals surface area contributed by atoms with Gasteiger partial charge in [-0.15, -0.1) is 24.0 Å². The number of sulfone groups is 1. The lowest BCUT2D eigenvalue weighted by atomic mass is 10.3. The largest absolute Gasteiger partial charge is 0.356 e. The van der Waals surface area contributed by atoms with Gasteiger partial charge >= 0.3 is 0 Å². The zero-order valence-corrected chi connectivity index (χ0v) is 17.7. The fourth-order valence-corrected chi connectivity index (χ4v) is 3.83. The summed E-state index contributed by atoms with van der Waals surface area (Å²) < 4.78 is 24.9. The third kappa shape index (κ3) is 8.25. The first-order valence-electron chi connectivity index (χ1n) is 7.27. The van der Waals surface area contributed by atoms with E-state index < -0.39 is 9.84 Å². The Morgan fingerprint density at radius 3 is 2.48 bits per heavy atom. The molecule has 0 bridgehead atoms. The minimum Gasteiger partial charge on any atom is -0.356 e. The van der Waals surface area contributed by atoms with E-state index in [1.165, 1.54) is 0 Å². The highest BCUT2D eigenvalue weighted by Gasteiger charge is 2.20. The van der Waals surface area contributed by atoms with Crippen molar-refractivity contribution in [3.63, 3.8) is 0 Å². The summed E-state index contributed by atoms with van der Waals surface area (Å²) in [6, 6.07) is 8.38. The predicted molar refractivity (Wildman–Crippen MR) is 111 cm³/mol. The number of rotatable bonds is 8. The van der Waals surface area contributed by atoms with Crippen LogP contribution in [0.15, 0.2) is 40.2 Å². The van der Waals surface area contributed by atoms with E-state index in [9.17, 15) is 8.42 Å². The van der Waals surface area contributed by atoms with Gasteiger partial charge in [0.15, 0.2) is 15.8 Å². The van der Waals surface area contributed by atoms with Crippen LogP contribution >= 0.6 is 35.7 Å². The van der Waals surface area contributed by atoms with E-state index in [1.54, 1.807) is 43.1 Å². The highest BCUT2D eigenvalue weighted by atomic mass is 127. The van der Waals surface area contributed by atoms with Crippen LogP contribution in [0.2, 0.25) is 0 Å². The van der Waals surface area contributed by atoms with E-state index in [4.69, 9.17) is 0 Å². The third-order valence-corrected chi connectivity index (χ3v) is 5.62. The van der Waals surface area contributed by atoms with Crippen LogP contribution in [0.5, 0.6) is 0 Å². The smallest absolute Gasteiger partial charge is 0.191 e. The number of nitrogens with one attached hydrogen (secondary N) is 2. The fourth-order valence-electron chi connectivity index (χ4n) is 1.91. The van der Waals surface area contributed by atoms with Crippen LogP contribution in [-0.2, 0) is 9.84 Å². The molecule has 8 heteroatoms. The lowest BCUT2D eigenvalue weighted by Gasteiger charge is -2.20. The number of hydrogen-bond acceptors (Lipinski definition) is 4. The van der Waals surface area contributed by atoms with Gasteiger partial charge in [-0.05, 0) is 24.8 Å². The van der Waals surface area contributed by atoms with Gasteiger partial charge in [0.05, 0.1) is 10.6 Å². The molecule has 0 aromatic heterocycles. The van der Waals surface area contributed by atoms with Crippen molar-refractivity contribution < 1.29 is 8.42 Å². The first-order chi connectivity index (χ1) is 10.5. The Hall–Kier alpha value is -0.480. The third-order valence-electron chi connectivity index (χ3n) is 3.18. The summed E-state index contributed by atoms with van der Waals surface area (Å²) in [6.45, 7) is 2.76. The highest BCUT2D eigenvalue weighted by Crippen LogP contribution is 2.12. The molecule has 1 unspecified atom stereocenters. The quantitative estimate of drug-likeness (QED) is 0.264. The average Bonchev–Trinajstić information content (AvgIpc) is 2.53. The van der Waals surface area contributed by atoms with Crippen molar-refractivity contribution in [3.05, 3.63) is 30.3 Å². The van der Waals surface area contributed by atoms with Crippen molar-refractivity contribution in [1.29, 1.82) is 0 Å². The van der Waals surface area contributed by atoms with Crippen molar-refractivity contribution in [2.45, 2.75) is 24.3 Å². The van der Waals surface area contributed by atoms with E-state index in [0.717, 1.165) is 12.3 Å². The number of thioether (sulfide) groups is 1. The van der Waals surface area contributed by atoms with Gasteiger partial charge in [0.25, 0.3) is 0 Å². The summed E-state index contributed by atoms with van der Waals surface area (Å²) in [5, 5.41) is 6.37. The molecule has 0 aliphatic heterocycles. The Labute approximate surface area is 161 Å². The number of nitrogens with zero attached hydrogens (tertiary/aromatic N) is 1. The first kappa shape index (κ1) is 22.5. The molecule has 0 amide bonds. The molecule has 0 radical (unpaired) electrons. The molecular weight excluding hydrogens is 445 g/mol. The van der Waals surface area contributed by atoms with E-state index in [1.807, 2.05) is 19.2 Å². The Balaban J connectivity index is 0.00000484. The Bertz CT molecular complexity index is 565. The van der Waals surface area contributed by atoms with Crippen molar-refractivity contribution >= 4 is 51.5 Å². The molecule has 1 rings (SSSR count). The lowest BCUT2D eigenvalue weighted by Crippen LogP contribution is -2.46. The van der Waals surface area contributed by atoms with Crippen molar-refractivity contribution in [2.75, 3.05) is 31.4 Å². The monoisotopic (exact) mass is 471 g/mol. The van der Waals surface area contributed by atoms with Gasteiger partial charge < -0.3 is 10.6 Å². The molecule has 1 aromatic carbocycles. The topological polar surface area (TPSA) is 70.6 Å². The zero-order valence-electron chi connectivity index (χ0n) is 13.8. The molecule has 1 aromatic rings. The molecule has 2 N–H and O–H groups in total. The van der Waals surface area contributed by atoms with Gasteiger partial charge in [0, 0.05) is 25.4 Å². The summed E-state index contributed by atoms with van der Waals surface area (Å²) in [7, 11) is -1.61. The molecule has 0 aliphatic carbocycles. The second-order valence-corrected chi connectivity index (χ2v) is 7.86. The lowest BCUT2D eigenvalue weighted by molar-refractivity contribution is 0.569. The number of guanidine groups is 1. The molecule has 0 spiro atoms. The molecule has 0 saturated heterocycles. The number of aliphatic imine (C=N–C) groups is 1. The predicted octanol–water partition coefficient (Wildman–Crippen LogP) is 2.38. The van der Waals surface area contributed by atoms with Crippen molar-refractivity contribution in [1.82, 2.24) is 10.6 Å². The fraction of sp³-hybridized carbons (Fsp3) is 0.533. The SMILES string of the molecule is CCC(CS(=O)(=O)c1ccccc1)NC(=NC)NCCSC.I. The van der Waals surface area contributed by atoms with Crippen molar-refractivity contribution in [2.24, 2.45) is 4.99 Å². The summed E-state index contributed by atoms with van der Waals surface area (Å²) in [4.78, 5) is 4.50. The van der Waals surface area contributed by atoms with E-state index in [-0.39, 0.29) is 35.8 Å². The Morgan fingerprint density at radius 2 is 1.96 bits per heavy atom. The normalized spacial score (nSPS) is 13.1. The number of hydrogen-bond donors (Lipinski definition) is 2. The second kappa shape index (κ2) is 12.0. The molecule has 1 atom stereocenters. The second-order valence-electron chi connectivity index (χ2n) is 4.84. The van der Waals surface area contributed by atoms with Gasteiger partial charge in [0.1, 0.15) is 0 Å². The van der Waals surface area contributed by atoms with Crippen LogP contribution < -0.4 is 10.6 Å². The summed E-state index contributed by atoms with van der Waals surface area (Å²) >= 11 is 1.74. The minimum absolute atomic E-state index is 0. The Kier molecular flexibility index (Phi) is 11.7. The van der Waals surface area contributed by atoms with E-state index in [2.05, 4.69) is 15.6 Å². The van der Waals surface area contributed by atoms with Gasteiger partial charge in [-0.1, -0.05) is 25.1 Å². The van der Waals surface area contributed by atoms with Crippen LogP contribution in [-0.4, -0.2) is 51.8 Å². The van der Waals surface area contributed by atoms with Gasteiger partial charge in [-0.3, -0.25) is 4.99 Å². The van der Waals surface area contributed by atoms with Crippen LogP contribution in [0.4, 0.5) is 0 Å². The minimum atomic E-state index is -3.30. The maximum Gasteiger partial charge on any atom is 0.191 e. The molecule has 0 heterocycles. The highest BCUT2D eigenvalue weighted by molar-refractivity contribution is 14.0. The van der Waals surface area contributed by atoms with Crippen LogP contribution in [0.1, 0.15) is 13.3 Å². The van der Waals surface area contributed by atoms with Crippen LogP contribution in [0.25, 0.3) is 0 Å². The average molecular weight is 471 g/mol. The summed E-state index contributed by atoms with van der Waals surface area (Å²) in [5.74, 6) is 1.67. The molecule has 23 heavy (non-hydrogen) atoms. The maximum absolute atomic E-state index is 12.4. The van der Waals surface area contributed by atoms with Crippen LogP contribution in [0.3, 0.4) is 0 Å². The number of benzene rings is 1. The van der Waals surface area contributed by atoms with Gasteiger partial charge in [-0.2, -0.15) is 11.8 Å². The standard InChI is InChI=1S/C15H25N3O2S2.HI/c1-4-13(18-15(16-2)17-10-11-21-3)12-22(19,20)14-8-6-5-7-9-14;/h5-9,13H,4,10-12H2,1-3H3,(H2,16,17,18);1H. The van der Waals surface area contributed by atoms with Crippen LogP contribution in [0, 0.1) is 0 Å². The zero-order chi connectivity index (χ0) is 16.4. The van der Waals surface area contributed by atoms with E-state index in [0.29, 0.717) is 17.3 Å². The summed E-state index contributed by atoms with van der Waals surface area (Å²) in [5.41, 5.74) is 0. The van der Waals surface area contributed by atoms with Gasteiger partial charge in [0.2, 0.25) is 0 Å².